The molecule has 1 aromatic carbocycles. The van der Waals surface area contributed by atoms with E-state index in [0.29, 0.717) is 18.8 Å². The number of nitrogens with one attached hydrogen (secondary N) is 1. The van der Waals surface area contributed by atoms with Gasteiger partial charge in [-0.3, -0.25) is 9.59 Å². The number of aryl methyl sites for hydroxylation is 1. The molecule has 1 aliphatic heterocycles. The molecule has 0 saturated carbocycles. The summed E-state index contributed by atoms with van der Waals surface area (Å²) in [5.41, 5.74) is 1.24. The van der Waals surface area contributed by atoms with Crippen LogP contribution in [0.15, 0.2) is 46.9 Å². The van der Waals surface area contributed by atoms with Gasteiger partial charge in [0.25, 0.3) is 5.91 Å². The molecule has 5 nitrogen and oxygen atoms in total. The maximum absolute atomic E-state index is 13.1. The first-order valence-corrected chi connectivity index (χ1v) is 11.3. The van der Waals surface area contributed by atoms with E-state index < -0.39 is 0 Å². The van der Waals surface area contributed by atoms with Crippen LogP contribution in [0.2, 0.25) is 0 Å². The van der Waals surface area contributed by atoms with Crippen LogP contribution in [-0.2, 0) is 10.5 Å². The molecular formula is C23H30N2O3S. The first-order valence-electron chi connectivity index (χ1n) is 10.3. The van der Waals surface area contributed by atoms with E-state index in [1.54, 1.807) is 23.9 Å². The molecule has 2 aromatic rings. The molecule has 0 aliphatic carbocycles. The Balaban J connectivity index is 1.50. The van der Waals surface area contributed by atoms with E-state index in [4.69, 9.17) is 4.42 Å². The van der Waals surface area contributed by atoms with E-state index in [-0.39, 0.29) is 29.0 Å². The summed E-state index contributed by atoms with van der Waals surface area (Å²) in [4.78, 5) is 27.3. The van der Waals surface area contributed by atoms with Gasteiger partial charge in [-0.15, -0.1) is 11.8 Å². The molecule has 0 radical (unpaired) electrons. The molecule has 1 aromatic heterocycles. The van der Waals surface area contributed by atoms with Gasteiger partial charge in [-0.1, -0.05) is 44.2 Å². The Bertz CT molecular complexity index is 811. The molecule has 1 atom stereocenters. The molecule has 2 heterocycles. The maximum Gasteiger partial charge on any atom is 0.287 e. The Morgan fingerprint density at radius 1 is 1.14 bits per heavy atom. The van der Waals surface area contributed by atoms with Crippen molar-refractivity contribution in [1.29, 1.82) is 0 Å². The number of benzene rings is 1. The van der Waals surface area contributed by atoms with Crippen molar-refractivity contribution in [2.45, 2.75) is 50.7 Å². The number of carbonyl (C=O) groups is 2. The van der Waals surface area contributed by atoms with Gasteiger partial charge in [0.1, 0.15) is 5.76 Å². The van der Waals surface area contributed by atoms with Crippen LogP contribution in [0.3, 0.4) is 0 Å². The standard InChI is InChI=1S/C23H30N2O3S/c1-16(2)21(29-15-18-7-5-4-6-8-18)23(27)25-13-11-19(12-14-25)24-22(26)20-10-9-17(3)28-20/h4-10,16,19,21H,11-15H2,1-3H3,(H,24,26). The Kier molecular flexibility index (Phi) is 7.42. The van der Waals surface area contributed by atoms with E-state index in [2.05, 4.69) is 31.3 Å². The molecule has 3 rings (SSSR count). The van der Waals surface area contributed by atoms with Gasteiger partial charge in [-0.2, -0.15) is 0 Å². The number of carbonyl (C=O) groups excluding carboxylic acids is 2. The van der Waals surface area contributed by atoms with Gasteiger partial charge in [-0.25, -0.2) is 0 Å². The third kappa shape index (κ3) is 5.89. The van der Waals surface area contributed by atoms with Crippen molar-refractivity contribution in [3.63, 3.8) is 0 Å². The second-order valence-corrected chi connectivity index (χ2v) is 9.07. The highest BCUT2D eigenvalue weighted by atomic mass is 32.2. The molecule has 1 unspecified atom stereocenters. The lowest BCUT2D eigenvalue weighted by molar-refractivity contribution is -0.132. The van der Waals surface area contributed by atoms with Crippen LogP contribution in [0, 0.1) is 12.8 Å². The van der Waals surface area contributed by atoms with E-state index in [1.165, 1.54) is 5.56 Å². The Morgan fingerprint density at radius 3 is 2.41 bits per heavy atom. The van der Waals surface area contributed by atoms with Crippen LogP contribution < -0.4 is 5.32 Å². The molecule has 156 valence electrons. The van der Waals surface area contributed by atoms with E-state index in [1.807, 2.05) is 30.0 Å². The molecule has 0 bridgehead atoms. The van der Waals surface area contributed by atoms with Gasteiger partial charge in [0.05, 0.1) is 5.25 Å². The number of rotatable bonds is 7. The van der Waals surface area contributed by atoms with Gasteiger partial charge in [0, 0.05) is 24.9 Å². The number of piperidine rings is 1. The average molecular weight is 415 g/mol. The van der Waals surface area contributed by atoms with Crippen LogP contribution in [-0.4, -0.2) is 41.1 Å². The molecular weight excluding hydrogens is 384 g/mol. The highest BCUT2D eigenvalue weighted by Gasteiger charge is 2.31. The lowest BCUT2D eigenvalue weighted by Crippen LogP contribution is -2.49. The van der Waals surface area contributed by atoms with Crippen LogP contribution in [0.4, 0.5) is 0 Å². The Morgan fingerprint density at radius 2 is 1.83 bits per heavy atom. The first-order chi connectivity index (χ1) is 13.9. The number of amides is 2. The molecule has 29 heavy (non-hydrogen) atoms. The van der Waals surface area contributed by atoms with Crippen LogP contribution in [0.1, 0.15) is 48.6 Å². The molecule has 1 aliphatic rings. The predicted molar refractivity (Wildman–Crippen MR) is 117 cm³/mol. The highest BCUT2D eigenvalue weighted by molar-refractivity contribution is 7.99. The van der Waals surface area contributed by atoms with Crippen molar-refractivity contribution >= 4 is 23.6 Å². The van der Waals surface area contributed by atoms with Crippen molar-refractivity contribution in [2.24, 2.45) is 5.92 Å². The van der Waals surface area contributed by atoms with E-state index in [9.17, 15) is 9.59 Å². The van der Waals surface area contributed by atoms with Gasteiger partial charge in [0.15, 0.2) is 5.76 Å². The lowest BCUT2D eigenvalue weighted by Gasteiger charge is -2.35. The summed E-state index contributed by atoms with van der Waals surface area (Å²) in [6.45, 7) is 7.39. The third-order valence-corrected chi connectivity index (χ3v) is 6.83. The predicted octanol–water partition coefficient (Wildman–Crippen LogP) is 4.27. The van der Waals surface area contributed by atoms with Gasteiger partial charge >= 0.3 is 0 Å². The average Bonchev–Trinajstić information content (AvgIpc) is 3.15. The minimum Gasteiger partial charge on any atom is -0.456 e. The Hall–Kier alpha value is -2.21. The quantitative estimate of drug-likeness (QED) is 0.735. The molecule has 6 heteroatoms. The molecule has 1 saturated heterocycles. The van der Waals surface area contributed by atoms with Gasteiger partial charge < -0.3 is 14.6 Å². The highest BCUT2D eigenvalue weighted by Crippen LogP contribution is 2.27. The fourth-order valence-electron chi connectivity index (χ4n) is 3.55. The fraction of sp³-hybridized carbons (Fsp3) is 0.478. The second-order valence-electron chi connectivity index (χ2n) is 7.94. The van der Waals surface area contributed by atoms with Crippen molar-refractivity contribution in [1.82, 2.24) is 10.2 Å². The number of furan rings is 1. The van der Waals surface area contributed by atoms with Crippen molar-refractivity contribution in [3.8, 4) is 0 Å². The Labute approximate surface area is 177 Å². The molecule has 1 N–H and O–H groups in total. The van der Waals surface area contributed by atoms with Gasteiger partial charge in [-0.05, 0) is 43.4 Å². The van der Waals surface area contributed by atoms with Crippen LogP contribution in [0.25, 0.3) is 0 Å². The minimum atomic E-state index is -0.179. The summed E-state index contributed by atoms with van der Waals surface area (Å²) in [6, 6.07) is 13.8. The van der Waals surface area contributed by atoms with Crippen molar-refractivity contribution in [3.05, 3.63) is 59.5 Å². The van der Waals surface area contributed by atoms with Crippen LogP contribution >= 0.6 is 11.8 Å². The number of thioether (sulfide) groups is 1. The second kappa shape index (κ2) is 10.0. The van der Waals surface area contributed by atoms with E-state index in [0.717, 1.165) is 24.4 Å². The van der Waals surface area contributed by atoms with Crippen LogP contribution in [0.5, 0.6) is 0 Å². The topological polar surface area (TPSA) is 62.6 Å². The number of hydrogen-bond donors (Lipinski definition) is 1. The summed E-state index contributed by atoms with van der Waals surface area (Å²) in [6.07, 6.45) is 1.54. The zero-order valence-electron chi connectivity index (χ0n) is 17.4. The third-order valence-electron chi connectivity index (χ3n) is 5.23. The number of hydrogen-bond acceptors (Lipinski definition) is 4. The largest absolute Gasteiger partial charge is 0.456 e. The molecule has 2 amide bonds. The zero-order chi connectivity index (χ0) is 20.8. The minimum absolute atomic E-state index is 0.0487. The summed E-state index contributed by atoms with van der Waals surface area (Å²) < 4.78 is 5.39. The maximum atomic E-state index is 13.1. The zero-order valence-corrected chi connectivity index (χ0v) is 18.2. The summed E-state index contributed by atoms with van der Waals surface area (Å²) >= 11 is 1.72. The molecule has 0 spiro atoms. The van der Waals surface area contributed by atoms with Gasteiger partial charge in [0.2, 0.25) is 5.91 Å². The van der Waals surface area contributed by atoms with Crippen molar-refractivity contribution in [2.75, 3.05) is 13.1 Å². The summed E-state index contributed by atoms with van der Waals surface area (Å²) in [7, 11) is 0. The number of nitrogens with zero attached hydrogens (tertiary/aromatic N) is 1. The molecule has 1 fully saturated rings. The lowest BCUT2D eigenvalue weighted by atomic mass is 10.0. The SMILES string of the molecule is Cc1ccc(C(=O)NC2CCN(C(=O)C(SCc3ccccc3)C(C)C)CC2)o1. The first kappa shape index (κ1) is 21.5. The summed E-state index contributed by atoms with van der Waals surface area (Å²) in [5, 5.41) is 2.98. The number of likely N-dealkylation sites (tertiary alicyclic amines) is 1. The van der Waals surface area contributed by atoms with Crippen molar-refractivity contribution < 1.29 is 14.0 Å². The fourth-order valence-corrected chi connectivity index (χ4v) is 4.79. The normalized spacial score (nSPS) is 16.1. The monoisotopic (exact) mass is 414 g/mol. The van der Waals surface area contributed by atoms with E-state index >= 15 is 0 Å². The smallest absolute Gasteiger partial charge is 0.287 e. The summed E-state index contributed by atoms with van der Waals surface area (Å²) in [5.74, 6) is 2.22.